The number of hydrogen-bond acceptors (Lipinski definition) is 4. The van der Waals surface area contributed by atoms with Crippen molar-refractivity contribution in [3.63, 3.8) is 0 Å². The Kier molecular flexibility index (Phi) is 3.80. The predicted octanol–water partition coefficient (Wildman–Crippen LogP) is 2.22. The number of anilines is 1. The van der Waals surface area contributed by atoms with Gasteiger partial charge in [-0.15, -0.1) is 0 Å². The van der Waals surface area contributed by atoms with Crippen molar-refractivity contribution in [1.29, 1.82) is 0 Å². The number of rotatable bonds is 3. The quantitative estimate of drug-likeness (QED) is 0.490. The molecule has 1 aromatic rings. The Morgan fingerprint density at radius 3 is 2.60 bits per heavy atom. The Labute approximate surface area is 93.7 Å². The van der Waals surface area contributed by atoms with Crippen molar-refractivity contribution in [2.75, 3.05) is 26.1 Å². The van der Waals surface area contributed by atoms with Crippen LogP contribution in [0.1, 0.15) is 5.56 Å². The van der Waals surface area contributed by atoms with E-state index < -0.39 is 0 Å². The highest BCUT2D eigenvalue weighted by Crippen LogP contribution is 2.32. The zero-order valence-corrected chi connectivity index (χ0v) is 9.62. The van der Waals surface area contributed by atoms with Gasteiger partial charge >= 0.3 is 0 Å². The lowest BCUT2D eigenvalue weighted by Gasteiger charge is -2.18. The summed E-state index contributed by atoms with van der Waals surface area (Å²) in [6.45, 7) is 0. The fourth-order valence-electron chi connectivity index (χ4n) is 1.34. The van der Waals surface area contributed by atoms with E-state index in [2.05, 4.69) is 5.16 Å². The monoisotopic (exact) mass is 228 g/mol. The highest BCUT2D eigenvalue weighted by molar-refractivity contribution is 6.34. The molecule has 1 rings (SSSR count). The van der Waals surface area contributed by atoms with Gasteiger partial charge in [0.25, 0.3) is 0 Å². The van der Waals surface area contributed by atoms with Gasteiger partial charge in [0.15, 0.2) is 0 Å². The van der Waals surface area contributed by atoms with E-state index in [1.807, 2.05) is 19.0 Å². The summed E-state index contributed by atoms with van der Waals surface area (Å²) in [5.74, 6) is 0.625. The molecule has 0 aliphatic carbocycles. The molecule has 0 heterocycles. The molecular weight excluding hydrogens is 216 g/mol. The number of ether oxygens (including phenoxy) is 1. The summed E-state index contributed by atoms with van der Waals surface area (Å²) in [5.41, 5.74) is 1.49. The number of methoxy groups -OCH3 is 1. The van der Waals surface area contributed by atoms with Crippen LogP contribution in [0.15, 0.2) is 17.3 Å². The van der Waals surface area contributed by atoms with E-state index in [-0.39, 0.29) is 0 Å². The highest BCUT2D eigenvalue weighted by atomic mass is 35.5. The van der Waals surface area contributed by atoms with Crippen LogP contribution in [0.3, 0.4) is 0 Å². The number of oxime groups is 1. The van der Waals surface area contributed by atoms with Crippen molar-refractivity contribution in [2.24, 2.45) is 5.16 Å². The van der Waals surface area contributed by atoms with Crippen LogP contribution < -0.4 is 9.64 Å². The number of benzene rings is 1. The molecule has 0 fully saturated rings. The maximum Gasteiger partial charge on any atom is 0.121 e. The normalized spacial score (nSPS) is 10.7. The van der Waals surface area contributed by atoms with Crippen molar-refractivity contribution < 1.29 is 9.94 Å². The number of halogens is 1. The molecule has 0 saturated heterocycles. The van der Waals surface area contributed by atoms with E-state index in [0.717, 1.165) is 5.69 Å². The van der Waals surface area contributed by atoms with E-state index >= 15 is 0 Å². The molecule has 5 heteroatoms. The predicted molar refractivity (Wildman–Crippen MR) is 61.7 cm³/mol. The molecular formula is C10H13ClN2O2. The molecule has 1 aromatic carbocycles. The fraction of sp³-hybridized carbons (Fsp3) is 0.300. The molecule has 0 unspecified atom stereocenters. The number of nitrogens with zero attached hydrogens (tertiary/aromatic N) is 2. The van der Waals surface area contributed by atoms with Crippen molar-refractivity contribution >= 4 is 23.5 Å². The standard InChI is InChI=1S/C10H13ClN2O2/c1-13(2)10-7(6-12-14)4-8(15-3)5-9(10)11/h4-6,14H,1-3H3. The van der Waals surface area contributed by atoms with Crippen molar-refractivity contribution in [2.45, 2.75) is 0 Å². The van der Waals surface area contributed by atoms with Gasteiger partial charge in [0.1, 0.15) is 5.75 Å². The molecule has 0 aliphatic heterocycles. The molecule has 4 nitrogen and oxygen atoms in total. The lowest BCUT2D eigenvalue weighted by Crippen LogP contribution is -2.12. The molecule has 82 valence electrons. The third-order valence-corrected chi connectivity index (χ3v) is 2.23. The summed E-state index contributed by atoms with van der Waals surface area (Å²) < 4.78 is 5.07. The van der Waals surface area contributed by atoms with E-state index in [1.165, 1.54) is 6.21 Å². The maximum absolute atomic E-state index is 8.55. The van der Waals surface area contributed by atoms with Crippen molar-refractivity contribution in [1.82, 2.24) is 0 Å². The van der Waals surface area contributed by atoms with Crippen LogP contribution in [0.5, 0.6) is 5.75 Å². The Morgan fingerprint density at radius 2 is 2.13 bits per heavy atom. The minimum atomic E-state index is 0.550. The third kappa shape index (κ3) is 2.53. The van der Waals surface area contributed by atoms with Crippen molar-refractivity contribution in [3.05, 3.63) is 22.7 Å². The Morgan fingerprint density at radius 1 is 1.47 bits per heavy atom. The average Bonchev–Trinajstić information content (AvgIpc) is 2.16. The number of hydrogen-bond donors (Lipinski definition) is 1. The van der Waals surface area contributed by atoms with Gasteiger partial charge in [-0.05, 0) is 6.07 Å². The van der Waals surface area contributed by atoms with Crippen LogP contribution in [-0.2, 0) is 0 Å². The summed E-state index contributed by atoms with van der Waals surface area (Å²) in [5, 5.41) is 12.1. The zero-order valence-electron chi connectivity index (χ0n) is 8.86. The van der Waals surface area contributed by atoms with Crippen LogP contribution in [0.4, 0.5) is 5.69 Å². The second-order valence-corrected chi connectivity index (χ2v) is 3.59. The minimum absolute atomic E-state index is 0.550. The molecule has 0 spiro atoms. The van der Waals surface area contributed by atoms with E-state index in [1.54, 1.807) is 19.2 Å². The van der Waals surface area contributed by atoms with Crippen LogP contribution >= 0.6 is 11.6 Å². The second kappa shape index (κ2) is 4.89. The Hall–Kier alpha value is -1.42. The summed E-state index contributed by atoms with van der Waals surface area (Å²) in [7, 11) is 5.28. The van der Waals surface area contributed by atoms with Gasteiger partial charge in [-0.2, -0.15) is 0 Å². The van der Waals surface area contributed by atoms with Gasteiger partial charge in [0.2, 0.25) is 0 Å². The van der Waals surface area contributed by atoms with Crippen LogP contribution in [0.2, 0.25) is 5.02 Å². The first-order valence-corrected chi connectivity index (χ1v) is 4.70. The summed E-state index contributed by atoms with van der Waals surface area (Å²) in [6.07, 6.45) is 1.32. The largest absolute Gasteiger partial charge is 0.497 e. The summed E-state index contributed by atoms with van der Waals surface area (Å²) >= 11 is 6.08. The SMILES string of the molecule is COc1cc(Cl)c(N(C)C)c(C=NO)c1. The molecule has 0 atom stereocenters. The molecule has 1 N–H and O–H groups in total. The second-order valence-electron chi connectivity index (χ2n) is 3.19. The third-order valence-electron chi connectivity index (χ3n) is 1.95. The van der Waals surface area contributed by atoms with Gasteiger partial charge in [-0.25, -0.2) is 0 Å². The van der Waals surface area contributed by atoms with Gasteiger partial charge in [-0.3, -0.25) is 0 Å². The van der Waals surface area contributed by atoms with Crippen LogP contribution in [0.25, 0.3) is 0 Å². The van der Waals surface area contributed by atoms with Gasteiger partial charge in [0.05, 0.1) is 24.0 Å². The molecule has 0 bridgehead atoms. The van der Waals surface area contributed by atoms with Gasteiger partial charge < -0.3 is 14.8 Å². The van der Waals surface area contributed by atoms with Crippen LogP contribution in [0, 0.1) is 0 Å². The topological polar surface area (TPSA) is 45.1 Å². The molecule has 0 aromatic heterocycles. The molecule has 0 saturated carbocycles. The summed E-state index contributed by atoms with van der Waals surface area (Å²) in [4.78, 5) is 1.85. The van der Waals surface area contributed by atoms with E-state index in [4.69, 9.17) is 21.5 Å². The Balaban J connectivity index is 3.35. The first kappa shape index (κ1) is 11.7. The first-order valence-electron chi connectivity index (χ1n) is 4.32. The zero-order chi connectivity index (χ0) is 11.4. The molecule has 0 amide bonds. The van der Waals surface area contributed by atoms with Gasteiger partial charge in [-0.1, -0.05) is 16.8 Å². The molecule has 0 radical (unpaired) electrons. The first-order chi connectivity index (χ1) is 7.10. The van der Waals surface area contributed by atoms with E-state index in [0.29, 0.717) is 16.3 Å². The maximum atomic E-state index is 8.55. The Bertz CT molecular complexity index is 378. The van der Waals surface area contributed by atoms with Crippen molar-refractivity contribution in [3.8, 4) is 5.75 Å². The minimum Gasteiger partial charge on any atom is -0.497 e. The van der Waals surface area contributed by atoms with Gasteiger partial charge in [0, 0.05) is 25.7 Å². The molecule has 15 heavy (non-hydrogen) atoms. The molecule has 0 aliphatic rings. The highest BCUT2D eigenvalue weighted by Gasteiger charge is 2.10. The van der Waals surface area contributed by atoms with E-state index in [9.17, 15) is 0 Å². The van der Waals surface area contributed by atoms with Crippen LogP contribution in [-0.4, -0.2) is 32.6 Å². The average molecular weight is 229 g/mol. The lowest BCUT2D eigenvalue weighted by molar-refractivity contribution is 0.322. The smallest absolute Gasteiger partial charge is 0.121 e. The fourth-order valence-corrected chi connectivity index (χ4v) is 1.73. The lowest BCUT2D eigenvalue weighted by atomic mass is 10.1. The summed E-state index contributed by atoms with van der Waals surface area (Å²) in [6, 6.07) is 3.46.